The number of H-pyrrole nitrogens is 2. The molecule has 1 saturated heterocycles. The number of nitrogens with one attached hydrogen (secondary N) is 4. The zero-order valence-corrected chi connectivity index (χ0v) is 19.9. The second-order valence-corrected chi connectivity index (χ2v) is 10.5. The summed E-state index contributed by atoms with van der Waals surface area (Å²) in [7, 11) is -3.88. The van der Waals surface area contributed by atoms with Gasteiger partial charge in [-0.15, -0.1) is 0 Å². The molecule has 0 spiro atoms. The van der Waals surface area contributed by atoms with Crippen molar-refractivity contribution in [1.82, 2.24) is 20.2 Å². The summed E-state index contributed by atoms with van der Waals surface area (Å²) in [6.07, 6.45) is -0.0603. The van der Waals surface area contributed by atoms with Crippen LogP contribution in [0.2, 0.25) is 0 Å². The average Bonchev–Trinajstić information content (AvgIpc) is 3.17. The lowest BCUT2D eigenvalue weighted by molar-refractivity contribution is -0.0295. The molecular formula is C23H29N5O5S. The van der Waals surface area contributed by atoms with E-state index >= 15 is 0 Å². The van der Waals surface area contributed by atoms with Gasteiger partial charge in [0.15, 0.2) is 0 Å². The lowest BCUT2D eigenvalue weighted by Gasteiger charge is -2.33. The van der Waals surface area contributed by atoms with Crippen molar-refractivity contribution in [2.75, 3.05) is 37.5 Å². The topological polar surface area (TPSA) is 136 Å². The predicted octanol–water partition coefficient (Wildman–Crippen LogP) is 1.74. The van der Waals surface area contributed by atoms with Crippen LogP contribution in [0.15, 0.2) is 52.2 Å². The number of imidazole rings is 1. The smallest absolute Gasteiger partial charge is 0.323 e. The van der Waals surface area contributed by atoms with Crippen LogP contribution in [0.25, 0.3) is 11.0 Å². The maximum absolute atomic E-state index is 12.7. The first-order valence-corrected chi connectivity index (χ1v) is 12.6. The molecule has 10 nitrogen and oxygen atoms in total. The van der Waals surface area contributed by atoms with E-state index in [1.165, 1.54) is 30.3 Å². The van der Waals surface area contributed by atoms with Crippen LogP contribution < -0.4 is 15.7 Å². The van der Waals surface area contributed by atoms with E-state index in [4.69, 9.17) is 4.74 Å². The van der Waals surface area contributed by atoms with Crippen LogP contribution in [0.1, 0.15) is 24.2 Å². The van der Waals surface area contributed by atoms with Gasteiger partial charge in [-0.05, 0) is 48.4 Å². The first-order chi connectivity index (χ1) is 16.2. The number of anilines is 1. The number of carbonyl (C=O) groups is 1. The van der Waals surface area contributed by atoms with Crippen LogP contribution in [0.3, 0.4) is 0 Å². The molecule has 0 saturated carbocycles. The van der Waals surface area contributed by atoms with Gasteiger partial charge in [-0.3, -0.25) is 14.4 Å². The number of nitrogens with zero attached hydrogens (tertiary/aromatic N) is 1. The molecule has 1 atom stereocenters. The fourth-order valence-electron chi connectivity index (χ4n) is 3.98. The Kier molecular flexibility index (Phi) is 7.05. The van der Waals surface area contributed by atoms with Crippen molar-refractivity contribution in [2.24, 2.45) is 5.92 Å². The molecule has 182 valence electrons. The van der Waals surface area contributed by atoms with Crippen LogP contribution in [-0.2, 0) is 14.8 Å². The summed E-state index contributed by atoms with van der Waals surface area (Å²) < 4.78 is 33.7. The SMILES string of the molecule is CC(C)CN1CCOC(CNC(=O)c2ccc(NS(=O)(=O)c3ccc4[nH]c(=O)[nH]c4c3)cc2)C1. The minimum Gasteiger partial charge on any atom is -0.374 e. The van der Waals surface area contributed by atoms with Gasteiger partial charge < -0.3 is 20.0 Å². The fraction of sp³-hybridized carbons (Fsp3) is 0.391. The highest BCUT2D eigenvalue weighted by Crippen LogP contribution is 2.19. The van der Waals surface area contributed by atoms with Crippen molar-refractivity contribution in [3.63, 3.8) is 0 Å². The quantitative estimate of drug-likeness (QED) is 0.382. The Balaban J connectivity index is 1.34. The molecular weight excluding hydrogens is 458 g/mol. The second-order valence-electron chi connectivity index (χ2n) is 8.83. The van der Waals surface area contributed by atoms with Crippen LogP contribution in [0.5, 0.6) is 0 Å². The molecule has 0 bridgehead atoms. The van der Waals surface area contributed by atoms with E-state index in [9.17, 15) is 18.0 Å². The monoisotopic (exact) mass is 487 g/mol. The Labute approximate surface area is 197 Å². The van der Waals surface area contributed by atoms with Crippen LogP contribution >= 0.6 is 0 Å². The second kappa shape index (κ2) is 10.00. The third kappa shape index (κ3) is 5.85. The highest BCUT2D eigenvalue weighted by Gasteiger charge is 2.22. The number of sulfonamides is 1. The summed E-state index contributed by atoms with van der Waals surface area (Å²) in [6, 6.07) is 10.5. The molecule has 11 heteroatoms. The number of ether oxygens (including phenoxy) is 1. The average molecular weight is 488 g/mol. The standard InChI is InChI=1S/C23H29N5O5S/c1-15(2)13-28-9-10-33-18(14-28)12-24-22(29)16-3-5-17(6-4-16)27-34(31,32)19-7-8-20-21(11-19)26-23(30)25-20/h3-8,11,15,18,27H,9-10,12-14H2,1-2H3,(H,24,29)(H2,25,26,30). The number of fused-ring (bicyclic) bond motifs is 1. The van der Waals surface area contributed by atoms with Gasteiger partial charge in [-0.2, -0.15) is 0 Å². The first kappa shape index (κ1) is 24.0. The molecule has 1 aliphatic heterocycles. The van der Waals surface area contributed by atoms with E-state index in [2.05, 4.69) is 38.8 Å². The number of aromatic amines is 2. The Morgan fingerprint density at radius 2 is 1.88 bits per heavy atom. The van der Waals surface area contributed by atoms with Crippen LogP contribution in [-0.4, -0.2) is 68.1 Å². The molecule has 0 radical (unpaired) electrons. The van der Waals surface area contributed by atoms with Crippen molar-refractivity contribution in [3.8, 4) is 0 Å². The van der Waals surface area contributed by atoms with E-state index in [0.717, 1.165) is 19.6 Å². The summed E-state index contributed by atoms with van der Waals surface area (Å²) in [6.45, 7) is 8.10. The Hall–Kier alpha value is -3.15. The molecule has 1 amide bonds. The number of benzene rings is 2. The molecule has 1 unspecified atom stereocenters. The van der Waals surface area contributed by atoms with Gasteiger partial charge in [-0.1, -0.05) is 13.8 Å². The van der Waals surface area contributed by atoms with Gasteiger partial charge >= 0.3 is 5.69 Å². The van der Waals surface area contributed by atoms with E-state index in [1.54, 1.807) is 12.1 Å². The lowest BCUT2D eigenvalue weighted by Crippen LogP contribution is -2.48. The highest BCUT2D eigenvalue weighted by atomic mass is 32.2. The number of morpholine rings is 1. The summed E-state index contributed by atoms with van der Waals surface area (Å²) in [5.41, 5.74) is 1.25. The van der Waals surface area contributed by atoms with Crippen molar-refractivity contribution in [1.29, 1.82) is 0 Å². The Morgan fingerprint density at radius 1 is 1.15 bits per heavy atom. The summed E-state index contributed by atoms with van der Waals surface area (Å²) in [4.78, 5) is 31.4. The van der Waals surface area contributed by atoms with Gasteiger partial charge in [0.1, 0.15) is 0 Å². The summed E-state index contributed by atoms with van der Waals surface area (Å²) >= 11 is 0. The molecule has 0 aliphatic carbocycles. The summed E-state index contributed by atoms with van der Waals surface area (Å²) in [5.74, 6) is 0.325. The molecule has 4 rings (SSSR count). The van der Waals surface area contributed by atoms with E-state index in [-0.39, 0.29) is 16.9 Å². The Bertz CT molecular complexity index is 1310. The molecule has 1 aliphatic rings. The number of carbonyl (C=O) groups excluding carboxylic acids is 1. The third-order valence-electron chi connectivity index (χ3n) is 5.53. The molecule has 34 heavy (non-hydrogen) atoms. The zero-order valence-electron chi connectivity index (χ0n) is 19.1. The molecule has 4 N–H and O–H groups in total. The fourth-order valence-corrected chi connectivity index (χ4v) is 5.06. The van der Waals surface area contributed by atoms with Crippen LogP contribution in [0, 0.1) is 5.92 Å². The number of hydrogen-bond donors (Lipinski definition) is 4. The molecule has 1 aromatic heterocycles. The van der Waals surface area contributed by atoms with Crippen molar-refractivity contribution in [3.05, 3.63) is 58.5 Å². The minimum absolute atomic E-state index is 0.0102. The molecule has 3 aromatic rings. The van der Waals surface area contributed by atoms with Crippen molar-refractivity contribution in [2.45, 2.75) is 24.8 Å². The van der Waals surface area contributed by atoms with Gasteiger partial charge in [0.2, 0.25) is 0 Å². The number of aromatic nitrogens is 2. The van der Waals surface area contributed by atoms with Crippen molar-refractivity contribution < 1.29 is 17.9 Å². The molecule has 1 fully saturated rings. The highest BCUT2D eigenvalue weighted by molar-refractivity contribution is 7.92. The van der Waals surface area contributed by atoms with Gasteiger partial charge in [0.05, 0.1) is 28.6 Å². The van der Waals surface area contributed by atoms with Gasteiger partial charge in [-0.25, -0.2) is 13.2 Å². The van der Waals surface area contributed by atoms with Gasteiger partial charge in [0, 0.05) is 37.4 Å². The maximum atomic E-state index is 12.7. The Morgan fingerprint density at radius 3 is 2.62 bits per heavy atom. The number of amides is 1. The zero-order chi connectivity index (χ0) is 24.3. The number of rotatable bonds is 8. The summed E-state index contributed by atoms with van der Waals surface area (Å²) in [5, 5.41) is 2.89. The van der Waals surface area contributed by atoms with E-state index < -0.39 is 15.7 Å². The van der Waals surface area contributed by atoms with E-state index in [0.29, 0.717) is 41.4 Å². The largest absolute Gasteiger partial charge is 0.374 e. The van der Waals surface area contributed by atoms with Crippen LogP contribution in [0.4, 0.5) is 5.69 Å². The number of hydrogen-bond acceptors (Lipinski definition) is 6. The molecule has 2 aromatic carbocycles. The normalized spacial score (nSPS) is 17.2. The third-order valence-corrected chi connectivity index (χ3v) is 6.91. The predicted molar refractivity (Wildman–Crippen MR) is 130 cm³/mol. The lowest BCUT2D eigenvalue weighted by atomic mass is 10.1. The first-order valence-electron chi connectivity index (χ1n) is 11.2. The van der Waals surface area contributed by atoms with E-state index in [1.807, 2.05) is 0 Å². The maximum Gasteiger partial charge on any atom is 0.323 e. The molecule has 2 heterocycles. The minimum atomic E-state index is -3.88. The van der Waals surface area contributed by atoms with Crippen molar-refractivity contribution >= 4 is 32.7 Å². The van der Waals surface area contributed by atoms with Gasteiger partial charge in [0.25, 0.3) is 15.9 Å².